The number of rotatable bonds is 37. The van der Waals surface area contributed by atoms with Crippen LogP contribution in [0.15, 0.2) is 22.8 Å². The number of nitrogens with one attached hydrogen (secondary N) is 2. The van der Waals surface area contributed by atoms with Crippen LogP contribution in [0.2, 0.25) is 0 Å². The fraction of sp³-hybridized carbons (Fsp3) is 0.698. The quantitative estimate of drug-likeness (QED) is 0.0139. The van der Waals surface area contributed by atoms with Gasteiger partial charge in [-0.3, -0.25) is 47.9 Å². The van der Waals surface area contributed by atoms with Gasteiger partial charge in [-0.1, -0.05) is 45.6 Å². The van der Waals surface area contributed by atoms with Crippen LogP contribution in [0, 0.1) is 17.8 Å². The summed E-state index contributed by atoms with van der Waals surface area (Å²) in [7, 11) is 0. The summed E-state index contributed by atoms with van der Waals surface area (Å²) in [6, 6.07) is -3.00. The first-order valence-electron chi connectivity index (χ1n) is 30.9. The molecule has 93 heavy (non-hydrogen) atoms. The smallest absolute Gasteiger partial charge is 0.341 e. The van der Waals surface area contributed by atoms with Crippen LogP contribution in [-0.2, 0) is 95.6 Å². The number of carboxylic acid groups (broad SMARTS) is 5. The minimum atomic E-state index is -2.69. The number of amides is 2. The van der Waals surface area contributed by atoms with Crippen molar-refractivity contribution < 1.29 is 131 Å². The first-order valence-corrected chi connectivity index (χ1v) is 30.9. The largest absolute Gasteiger partial charge is 0.481 e. The van der Waals surface area contributed by atoms with E-state index >= 15 is 0 Å². The first kappa shape index (κ1) is 83.0. The third-order valence-corrected chi connectivity index (χ3v) is 16.1. The number of fused-ring (bicyclic) bond motifs is 3. The number of hydrogen-bond donors (Lipinski definition) is 10. The van der Waals surface area contributed by atoms with Gasteiger partial charge in [-0.05, 0) is 98.1 Å². The lowest BCUT2D eigenvalue weighted by atomic mass is 9.75. The molecule has 30 heteroatoms. The zero-order valence-corrected chi connectivity index (χ0v) is 54.9. The summed E-state index contributed by atoms with van der Waals surface area (Å²) in [6.07, 6.45) is -2.40. The number of Topliss-reactive ketones (excluding diaryl/α,β-unsaturated/α-hetero) is 3. The van der Waals surface area contributed by atoms with Gasteiger partial charge in [0.1, 0.15) is 41.1 Å². The molecule has 1 saturated carbocycles. The molecule has 0 radical (unpaired) electrons. The molecule has 0 aromatic heterocycles. The van der Waals surface area contributed by atoms with Gasteiger partial charge in [0.2, 0.25) is 11.8 Å². The highest BCUT2D eigenvalue weighted by molar-refractivity contribution is 5.90. The Morgan fingerprint density at radius 1 is 0.667 bits per heavy atom. The van der Waals surface area contributed by atoms with Crippen LogP contribution in [0.25, 0.3) is 0 Å². The van der Waals surface area contributed by atoms with Gasteiger partial charge in [0.15, 0.2) is 29.5 Å². The number of aliphatic carboxylic acids is 5. The van der Waals surface area contributed by atoms with E-state index in [0.29, 0.717) is 12.8 Å². The van der Waals surface area contributed by atoms with Crippen LogP contribution in [0.1, 0.15) is 205 Å². The average Bonchev–Trinajstić information content (AvgIpc) is 1.53. The number of aliphatic hydroxyl groups is 2. The van der Waals surface area contributed by atoms with Gasteiger partial charge in [0.05, 0.1) is 24.2 Å². The van der Waals surface area contributed by atoms with Gasteiger partial charge in [0.25, 0.3) is 0 Å². The number of carbonyl (C=O) groups is 15. The second-order valence-electron chi connectivity index (χ2n) is 24.0. The Bertz CT molecular complexity index is 2790. The predicted octanol–water partition coefficient (Wildman–Crippen LogP) is 3.91. The normalized spacial score (nSPS) is 23.6. The van der Waals surface area contributed by atoms with E-state index in [4.69, 9.17) is 49.8 Å². The molecule has 524 valence electrons. The number of hydrogen-bond acceptors (Lipinski definition) is 23. The van der Waals surface area contributed by atoms with Crippen molar-refractivity contribution in [2.75, 3.05) is 0 Å². The molecule has 0 aromatic rings. The SMILES string of the molecule is C/C=C(/C)C(=O)O[C@H]1C(C)=C2[C@H]([C@@H]1OC(=O)CCCCCCC)[C@@](C)(OC(C)=O)C[C@H](OC(=O)CCC(=O)C[C@@H](C)N)[C@@]1(O)[C@H]2OC(=O)[C@@]1(C)O.CC(=O)CC[C@H](NC(=O)CC[C@H](CC(=O)CC[C@H](NC(C)=O)C(=O)O)C(=O)O)C(=O)O.CC[C@@H](CCC(=O)O)C(=O)O. The van der Waals surface area contributed by atoms with Crippen molar-refractivity contribution in [1.82, 2.24) is 10.6 Å². The molecule has 1 heterocycles. The van der Waals surface area contributed by atoms with Crippen molar-refractivity contribution in [3.05, 3.63) is 22.8 Å². The van der Waals surface area contributed by atoms with E-state index in [0.717, 1.165) is 46.5 Å². The van der Waals surface area contributed by atoms with Crippen LogP contribution in [0.5, 0.6) is 0 Å². The van der Waals surface area contributed by atoms with Gasteiger partial charge < -0.3 is 80.6 Å². The van der Waals surface area contributed by atoms with Gasteiger partial charge in [-0.25, -0.2) is 19.2 Å². The third-order valence-electron chi connectivity index (χ3n) is 16.1. The summed E-state index contributed by atoms with van der Waals surface area (Å²) in [5.74, 6) is -15.5. The number of allylic oxidation sites excluding steroid dienone is 1. The molecular formula is C63H95N3O27. The summed E-state index contributed by atoms with van der Waals surface area (Å²) in [6.45, 7) is 16.2. The topological polar surface area (TPSA) is 494 Å². The number of nitrogens with two attached hydrogens (primary N) is 1. The molecule has 30 nitrogen and oxygen atoms in total. The van der Waals surface area contributed by atoms with Crippen LogP contribution < -0.4 is 16.4 Å². The molecule has 2 amide bonds. The number of esters is 5. The van der Waals surface area contributed by atoms with Crippen LogP contribution in [0.3, 0.4) is 0 Å². The molecule has 3 aliphatic rings. The molecule has 0 bridgehead atoms. The lowest BCUT2D eigenvalue weighted by molar-refractivity contribution is -0.212. The van der Waals surface area contributed by atoms with Crippen molar-refractivity contribution in [2.45, 2.75) is 264 Å². The average molecular weight is 1330 g/mol. The predicted molar refractivity (Wildman–Crippen MR) is 324 cm³/mol. The molecule has 3 rings (SSSR count). The highest BCUT2D eigenvalue weighted by Crippen LogP contribution is 2.57. The highest BCUT2D eigenvalue weighted by atomic mass is 16.6. The Kier molecular flexibility index (Phi) is 34.7. The van der Waals surface area contributed by atoms with Crippen molar-refractivity contribution in [1.29, 1.82) is 0 Å². The zero-order chi connectivity index (χ0) is 71.5. The molecule has 1 aliphatic heterocycles. The molecule has 2 fully saturated rings. The lowest BCUT2D eigenvalue weighted by Crippen LogP contribution is -2.64. The molecule has 13 atom stereocenters. The fourth-order valence-corrected chi connectivity index (χ4v) is 10.9. The summed E-state index contributed by atoms with van der Waals surface area (Å²) >= 11 is 0. The van der Waals surface area contributed by atoms with E-state index in [1.807, 2.05) is 0 Å². The molecular weight excluding hydrogens is 1230 g/mol. The van der Waals surface area contributed by atoms with Gasteiger partial charge in [0, 0.05) is 83.2 Å². The number of ketones is 3. The monoisotopic (exact) mass is 1330 g/mol. The maximum atomic E-state index is 13.4. The molecule has 2 aliphatic carbocycles. The Morgan fingerprint density at radius 3 is 1.72 bits per heavy atom. The summed E-state index contributed by atoms with van der Waals surface area (Å²) in [5, 5.41) is 72.6. The number of carbonyl (C=O) groups excluding carboxylic acids is 10. The van der Waals surface area contributed by atoms with Crippen molar-refractivity contribution in [2.24, 2.45) is 23.5 Å². The van der Waals surface area contributed by atoms with Gasteiger partial charge >= 0.3 is 59.7 Å². The van der Waals surface area contributed by atoms with Crippen LogP contribution in [-0.4, -0.2) is 184 Å². The first-order chi connectivity index (χ1) is 43.1. The molecule has 0 aromatic carbocycles. The van der Waals surface area contributed by atoms with E-state index in [-0.39, 0.29) is 98.9 Å². The third kappa shape index (κ3) is 26.1. The summed E-state index contributed by atoms with van der Waals surface area (Å²) in [5.41, 5.74) is -0.882. The highest BCUT2D eigenvalue weighted by Gasteiger charge is 2.76. The lowest BCUT2D eigenvalue weighted by Gasteiger charge is -2.41. The molecule has 11 N–H and O–H groups in total. The Morgan fingerprint density at radius 2 is 1.22 bits per heavy atom. The van der Waals surface area contributed by atoms with Crippen LogP contribution in [0.4, 0.5) is 0 Å². The number of carboxylic acids is 5. The zero-order valence-electron chi connectivity index (χ0n) is 54.9. The Labute approximate surface area is 539 Å². The Hall–Kier alpha value is -7.99. The summed E-state index contributed by atoms with van der Waals surface area (Å²) in [4.78, 5) is 178. The van der Waals surface area contributed by atoms with Crippen molar-refractivity contribution in [3.8, 4) is 0 Å². The number of ether oxygens (including phenoxy) is 5. The Balaban J connectivity index is 0.000000868. The van der Waals surface area contributed by atoms with E-state index in [1.165, 1.54) is 33.8 Å². The number of unbranched alkanes of at least 4 members (excludes halogenated alkanes) is 4. The van der Waals surface area contributed by atoms with Gasteiger partial charge in [-0.15, -0.1) is 0 Å². The standard InChI is InChI=1S/C37H55NO13.C19H28N2O10.C7H12O4/c1-9-11-12-13-14-15-26(41)48-31-29-28(22(5)30(31)49-33(43)20(3)10-2)32-37(46,36(8,45)34(44)50-32)25(19-35(29,7)51-23(6)39)47-27(42)17-16-24(40)18-21(4)38;1-10(22)3-6-15(19(30)31)21-16(25)8-4-12(17(26)27)9-13(24)5-7-14(18(28)29)20-11(2)23;1-2-5(7(10)11)3-4-6(8)9/h10,21,25,29-32,45-46H,9,11-19,38H2,1-8H3;12,14-15H,3-9H2,1-2H3,(H,20,23)(H,21,25)(H,26,27)(H,28,29)(H,30,31);5H,2-4H2,1H3,(H,8,9)(H,10,11)/b20-10-;;/t21-,25+,29-,30+,31+,32+,35+,36-,37-;12-,14+,15+;5-/m110/s1. The van der Waals surface area contributed by atoms with E-state index in [1.54, 1.807) is 20.8 Å². The van der Waals surface area contributed by atoms with Crippen LogP contribution >= 0.6 is 0 Å². The van der Waals surface area contributed by atoms with Crippen molar-refractivity contribution >= 4 is 88.9 Å². The second-order valence-corrected chi connectivity index (χ2v) is 24.0. The van der Waals surface area contributed by atoms with E-state index < -0.39 is 174 Å². The maximum absolute atomic E-state index is 13.4. The van der Waals surface area contributed by atoms with E-state index in [9.17, 15) is 87.2 Å². The minimum absolute atomic E-state index is 0.0254. The van der Waals surface area contributed by atoms with E-state index in [2.05, 4.69) is 17.6 Å². The fourth-order valence-electron chi connectivity index (χ4n) is 10.9. The van der Waals surface area contributed by atoms with Crippen molar-refractivity contribution in [3.63, 3.8) is 0 Å². The molecule has 1 saturated heterocycles. The second kappa shape index (κ2) is 38.9. The minimum Gasteiger partial charge on any atom is -0.481 e. The summed E-state index contributed by atoms with van der Waals surface area (Å²) < 4.78 is 29.4. The molecule has 0 spiro atoms. The maximum Gasteiger partial charge on any atom is 0.341 e. The van der Waals surface area contributed by atoms with Gasteiger partial charge in [-0.2, -0.15) is 0 Å². The molecule has 0 unspecified atom stereocenters.